The van der Waals surface area contributed by atoms with Gasteiger partial charge < -0.3 is 14.2 Å². The predicted molar refractivity (Wildman–Crippen MR) is 251 cm³/mol. The standard InChI is InChI=1S/C53H84O6/c1-4-7-10-13-16-18-20-22-23-24-25-26-27-28-29-31-32-34-37-40-43-46-52(55)58-49-50(48-57-51(54)45-42-39-36-15-12-9-6-3)59-53(56)47-44-41-38-35-33-30-21-19-17-14-11-8-5-2/h7-8,10-11,16-19,22-23,25-26,28-30,32-34,50H,4-6,9,12-15,20-21,24,27,31,35-49H2,1-3H3/b10-7-,11-8-,18-16-,19-17-,23-22-,26-25-,29-28-,33-30-,34-32-. The summed E-state index contributed by atoms with van der Waals surface area (Å²) in [5, 5.41) is 0. The van der Waals surface area contributed by atoms with Crippen LogP contribution in [0.3, 0.4) is 0 Å². The Kier molecular flexibility index (Phi) is 43.6. The number of unbranched alkanes of at least 4 members (excludes halogenated alkanes) is 11. The van der Waals surface area contributed by atoms with Gasteiger partial charge in [0.2, 0.25) is 0 Å². The Morgan fingerprint density at radius 2 is 0.661 bits per heavy atom. The van der Waals surface area contributed by atoms with E-state index in [1.54, 1.807) is 0 Å². The molecule has 0 aromatic rings. The molecule has 0 aliphatic rings. The molecule has 0 amide bonds. The van der Waals surface area contributed by atoms with Crippen molar-refractivity contribution in [1.82, 2.24) is 0 Å². The summed E-state index contributed by atoms with van der Waals surface area (Å²) in [5.74, 6) is -0.999. The van der Waals surface area contributed by atoms with Crippen LogP contribution < -0.4 is 0 Å². The molecular formula is C53H84O6. The number of carbonyl (C=O) groups is 3. The van der Waals surface area contributed by atoms with Crippen molar-refractivity contribution in [2.75, 3.05) is 13.2 Å². The van der Waals surface area contributed by atoms with Crippen LogP contribution in [0.15, 0.2) is 109 Å². The summed E-state index contributed by atoms with van der Waals surface area (Å²) in [6.45, 7) is 6.27. The molecule has 0 aromatic carbocycles. The van der Waals surface area contributed by atoms with Gasteiger partial charge in [0.1, 0.15) is 13.2 Å². The summed E-state index contributed by atoms with van der Waals surface area (Å²) in [5.41, 5.74) is 0. The van der Waals surface area contributed by atoms with Gasteiger partial charge in [-0.25, -0.2) is 0 Å². The largest absolute Gasteiger partial charge is 0.462 e. The van der Waals surface area contributed by atoms with E-state index in [9.17, 15) is 14.4 Å². The molecule has 0 heterocycles. The summed E-state index contributed by atoms with van der Waals surface area (Å²) in [6, 6.07) is 0. The lowest BCUT2D eigenvalue weighted by atomic mass is 10.1. The lowest BCUT2D eigenvalue weighted by molar-refractivity contribution is -0.167. The highest BCUT2D eigenvalue weighted by Gasteiger charge is 2.19. The van der Waals surface area contributed by atoms with Gasteiger partial charge in [-0.1, -0.05) is 175 Å². The zero-order chi connectivity index (χ0) is 43.0. The minimum absolute atomic E-state index is 0.106. The average Bonchev–Trinajstić information content (AvgIpc) is 3.23. The highest BCUT2D eigenvalue weighted by atomic mass is 16.6. The predicted octanol–water partition coefficient (Wildman–Crippen LogP) is 15.2. The third-order valence-electron chi connectivity index (χ3n) is 9.27. The summed E-state index contributed by atoms with van der Waals surface area (Å²) < 4.78 is 16.6. The van der Waals surface area contributed by atoms with Crippen LogP contribution in [0.2, 0.25) is 0 Å². The summed E-state index contributed by atoms with van der Waals surface area (Å²) in [4.78, 5) is 37.6. The number of hydrogen-bond acceptors (Lipinski definition) is 6. The maximum atomic E-state index is 12.7. The maximum absolute atomic E-state index is 12.7. The van der Waals surface area contributed by atoms with E-state index in [-0.39, 0.29) is 37.5 Å². The Hall–Kier alpha value is -3.93. The van der Waals surface area contributed by atoms with Gasteiger partial charge in [-0.05, 0) is 103 Å². The van der Waals surface area contributed by atoms with E-state index in [1.807, 2.05) is 0 Å². The molecule has 0 N–H and O–H groups in total. The molecule has 0 bridgehead atoms. The topological polar surface area (TPSA) is 78.9 Å². The van der Waals surface area contributed by atoms with Crippen LogP contribution in [0, 0.1) is 0 Å². The summed E-state index contributed by atoms with van der Waals surface area (Å²) in [7, 11) is 0. The van der Waals surface area contributed by atoms with Crippen molar-refractivity contribution in [2.24, 2.45) is 0 Å². The fourth-order valence-corrected chi connectivity index (χ4v) is 5.81. The molecule has 0 aliphatic heterocycles. The third-order valence-corrected chi connectivity index (χ3v) is 9.27. The SMILES string of the molecule is CC/C=C\C/C=C\C/C=C\C/C=C\C/C=C\C/C=C\CCCCC(=O)OCC(COC(=O)CCCCCCCCC)OC(=O)CCCCC/C=C\C/C=C\C/C=C\CC. The number of rotatable bonds is 40. The second-order valence-corrected chi connectivity index (χ2v) is 14.9. The lowest BCUT2D eigenvalue weighted by Crippen LogP contribution is -2.30. The van der Waals surface area contributed by atoms with Gasteiger partial charge in [0.15, 0.2) is 6.10 Å². The molecule has 332 valence electrons. The van der Waals surface area contributed by atoms with Crippen LogP contribution in [0.4, 0.5) is 0 Å². The molecular weight excluding hydrogens is 733 g/mol. The molecule has 59 heavy (non-hydrogen) atoms. The molecule has 0 aromatic heterocycles. The maximum Gasteiger partial charge on any atom is 0.306 e. The Bertz CT molecular complexity index is 1260. The first-order chi connectivity index (χ1) is 29.0. The Labute approximate surface area is 361 Å². The molecule has 0 radical (unpaired) electrons. The lowest BCUT2D eigenvalue weighted by Gasteiger charge is -2.18. The molecule has 0 aliphatic carbocycles. The first-order valence-electron chi connectivity index (χ1n) is 23.4. The number of esters is 3. The molecule has 1 atom stereocenters. The number of allylic oxidation sites excluding steroid dienone is 18. The van der Waals surface area contributed by atoms with Crippen molar-refractivity contribution in [2.45, 2.75) is 194 Å². The smallest absolute Gasteiger partial charge is 0.306 e. The van der Waals surface area contributed by atoms with Crippen molar-refractivity contribution in [3.8, 4) is 0 Å². The first-order valence-corrected chi connectivity index (χ1v) is 23.4. The molecule has 6 heteroatoms. The van der Waals surface area contributed by atoms with E-state index < -0.39 is 6.10 Å². The Morgan fingerprint density at radius 1 is 0.356 bits per heavy atom. The van der Waals surface area contributed by atoms with E-state index in [1.165, 1.54) is 25.7 Å². The van der Waals surface area contributed by atoms with E-state index in [2.05, 4.69) is 130 Å². The van der Waals surface area contributed by atoms with E-state index in [0.717, 1.165) is 116 Å². The Morgan fingerprint density at radius 3 is 1.07 bits per heavy atom. The second-order valence-electron chi connectivity index (χ2n) is 14.9. The minimum Gasteiger partial charge on any atom is -0.462 e. The van der Waals surface area contributed by atoms with Crippen molar-refractivity contribution in [3.05, 3.63) is 109 Å². The molecule has 0 saturated carbocycles. The summed E-state index contributed by atoms with van der Waals surface area (Å²) >= 11 is 0. The van der Waals surface area contributed by atoms with Crippen LogP contribution in [0.25, 0.3) is 0 Å². The van der Waals surface area contributed by atoms with E-state index in [0.29, 0.717) is 19.3 Å². The molecule has 1 unspecified atom stereocenters. The minimum atomic E-state index is -0.809. The van der Waals surface area contributed by atoms with Crippen molar-refractivity contribution in [1.29, 1.82) is 0 Å². The van der Waals surface area contributed by atoms with Gasteiger partial charge in [-0.15, -0.1) is 0 Å². The zero-order valence-corrected chi connectivity index (χ0v) is 37.7. The fraction of sp³-hybridized carbons (Fsp3) is 0.604. The van der Waals surface area contributed by atoms with Gasteiger partial charge in [0.25, 0.3) is 0 Å². The number of ether oxygens (including phenoxy) is 3. The van der Waals surface area contributed by atoms with Gasteiger partial charge >= 0.3 is 17.9 Å². The highest BCUT2D eigenvalue weighted by Crippen LogP contribution is 2.11. The van der Waals surface area contributed by atoms with Gasteiger partial charge in [-0.3, -0.25) is 14.4 Å². The number of carbonyl (C=O) groups excluding carboxylic acids is 3. The van der Waals surface area contributed by atoms with Crippen LogP contribution in [-0.2, 0) is 28.6 Å². The highest BCUT2D eigenvalue weighted by molar-refractivity contribution is 5.71. The molecule has 6 nitrogen and oxygen atoms in total. The summed E-state index contributed by atoms with van der Waals surface area (Å²) in [6.07, 6.45) is 62.3. The molecule has 0 fully saturated rings. The Balaban J connectivity index is 4.42. The molecule has 0 spiro atoms. The van der Waals surface area contributed by atoms with Crippen LogP contribution in [0.1, 0.15) is 188 Å². The third kappa shape index (κ3) is 45.0. The van der Waals surface area contributed by atoms with Gasteiger partial charge in [-0.2, -0.15) is 0 Å². The van der Waals surface area contributed by atoms with Crippen molar-refractivity contribution in [3.63, 3.8) is 0 Å². The van der Waals surface area contributed by atoms with Crippen molar-refractivity contribution >= 4 is 17.9 Å². The quantitative estimate of drug-likeness (QED) is 0.0265. The second kappa shape index (κ2) is 46.8. The van der Waals surface area contributed by atoms with Crippen LogP contribution in [-0.4, -0.2) is 37.2 Å². The monoisotopic (exact) mass is 817 g/mol. The molecule has 0 saturated heterocycles. The van der Waals surface area contributed by atoms with Crippen molar-refractivity contribution < 1.29 is 28.6 Å². The van der Waals surface area contributed by atoms with E-state index >= 15 is 0 Å². The first kappa shape index (κ1) is 55.1. The zero-order valence-electron chi connectivity index (χ0n) is 37.7. The molecule has 0 rings (SSSR count). The average molecular weight is 817 g/mol. The normalized spacial score (nSPS) is 13.1. The van der Waals surface area contributed by atoms with Crippen LogP contribution in [0.5, 0.6) is 0 Å². The van der Waals surface area contributed by atoms with Crippen LogP contribution >= 0.6 is 0 Å². The van der Waals surface area contributed by atoms with Gasteiger partial charge in [0.05, 0.1) is 0 Å². The number of hydrogen-bond donors (Lipinski definition) is 0. The van der Waals surface area contributed by atoms with Gasteiger partial charge in [0, 0.05) is 19.3 Å². The van der Waals surface area contributed by atoms with E-state index in [4.69, 9.17) is 14.2 Å². The fourth-order valence-electron chi connectivity index (χ4n) is 5.81.